The van der Waals surface area contributed by atoms with E-state index in [1.807, 2.05) is 52.0 Å². The molecule has 2 aliphatic heterocycles. The van der Waals surface area contributed by atoms with Crippen LogP contribution in [0, 0.1) is 0 Å². The molecule has 2 saturated heterocycles. The number of rotatable bonds is 8. The summed E-state index contributed by atoms with van der Waals surface area (Å²) in [5.74, 6) is 1.08. The van der Waals surface area contributed by atoms with Gasteiger partial charge in [0.15, 0.2) is 11.6 Å². The van der Waals surface area contributed by atoms with Gasteiger partial charge in [0.2, 0.25) is 0 Å². The molecule has 3 fully saturated rings. The average Bonchev–Trinajstić information content (AvgIpc) is 3.66. The molecule has 9 rings (SSSR count). The molecule has 2 heterocycles. The van der Waals surface area contributed by atoms with Crippen molar-refractivity contribution < 1.29 is 28.9 Å². The molecule has 56 heavy (non-hydrogen) atoms. The van der Waals surface area contributed by atoms with Crippen LogP contribution in [-0.2, 0) is 26.9 Å². The molecule has 3 aliphatic carbocycles. The Morgan fingerprint density at radius 3 is 1.43 bits per heavy atom. The Bertz CT molecular complexity index is 2060. The second-order valence-electron chi connectivity index (χ2n) is 17.6. The van der Waals surface area contributed by atoms with E-state index in [-0.39, 0.29) is 29.0 Å². The summed E-state index contributed by atoms with van der Waals surface area (Å²) >= 11 is 0. The number of nitrogens with zero attached hydrogens (tertiary/aromatic N) is 2. The summed E-state index contributed by atoms with van der Waals surface area (Å²) in [4.78, 5) is 33.4. The van der Waals surface area contributed by atoms with Crippen molar-refractivity contribution in [3.05, 3.63) is 112 Å². The van der Waals surface area contributed by atoms with Crippen LogP contribution < -0.4 is 4.74 Å². The zero-order valence-corrected chi connectivity index (χ0v) is 33.5. The number of aliphatic hydroxyl groups is 1. The summed E-state index contributed by atoms with van der Waals surface area (Å²) in [6.45, 7) is 13.6. The summed E-state index contributed by atoms with van der Waals surface area (Å²) in [6.07, 6.45) is 3.40. The molecular formula is C48H54N2O6. The van der Waals surface area contributed by atoms with Gasteiger partial charge >= 0.3 is 0 Å². The van der Waals surface area contributed by atoms with E-state index in [1.54, 1.807) is 7.11 Å². The van der Waals surface area contributed by atoms with E-state index in [9.17, 15) is 14.7 Å². The van der Waals surface area contributed by atoms with Crippen LogP contribution in [0.3, 0.4) is 0 Å². The normalized spacial score (nSPS) is 23.5. The van der Waals surface area contributed by atoms with Crippen LogP contribution in [0.25, 0.3) is 22.3 Å². The number of carbonyl (C=O) groups excluding carboxylic acids is 2. The number of hydrogen-bond acceptors (Lipinski definition) is 8. The molecule has 5 aliphatic rings. The number of fused-ring (bicyclic) bond motifs is 10. The molecule has 4 aromatic rings. The van der Waals surface area contributed by atoms with Gasteiger partial charge in [-0.25, -0.2) is 0 Å². The minimum Gasteiger partial charge on any atom is -0.497 e. The summed E-state index contributed by atoms with van der Waals surface area (Å²) in [5, 5.41) is 10.3. The molecule has 0 aromatic heterocycles. The maximum Gasteiger partial charge on any atom is 0.182 e. The van der Waals surface area contributed by atoms with E-state index >= 15 is 0 Å². The summed E-state index contributed by atoms with van der Waals surface area (Å²) < 4.78 is 17.1. The standard InChI is InChI=1S/C48H54N2O6/c1-45(2,49-18-22-55-23-19-49)43(52)32-7-11-36-35-10-6-31(30-51)26-39(35)47(40(36)27-32)14-16-48(17-15-47)41-28-33(44(53)46(3,4)50-20-24-56-25-21-50)8-12-37(41)38-13-9-34(54-5)29-42(38)48/h6-13,26-29,51H,14-25,30H2,1-5H3. The number of ether oxygens (including phenoxy) is 3. The van der Waals surface area contributed by atoms with Crippen molar-refractivity contribution in [2.45, 2.75) is 81.9 Å². The third-order valence-corrected chi connectivity index (χ3v) is 14.4. The van der Waals surface area contributed by atoms with Gasteiger partial charge in [-0.15, -0.1) is 0 Å². The Balaban J connectivity index is 1.13. The van der Waals surface area contributed by atoms with Crippen LogP contribution in [0.15, 0.2) is 72.8 Å². The van der Waals surface area contributed by atoms with E-state index in [2.05, 4.69) is 58.3 Å². The first-order valence-electron chi connectivity index (χ1n) is 20.4. The molecule has 0 radical (unpaired) electrons. The van der Waals surface area contributed by atoms with Crippen molar-refractivity contribution in [2.75, 3.05) is 59.7 Å². The molecule has 292 valence electrons. The maximum atomic E-state index is 14.4. The zero-order chi connectivity index (χ0) is 39.0. The number of carbonyl (C=O) groups is 2. The second kappa shape index (κ2) is 13.7. The summed E-state index contributed by atoms with van der Waals surface area (Å²) in [5.41, 5.74) is 10.1. The first-order valence-corrected chi connectivity index (χ1v) is 20.4. The lowest BCUT2D eigenvalue weighted by Gasteiger charge is -2.46. The number of morpholine rings is 2. The first kappa shape index (κ1) is 37.4. The summed E-state index contributed by atoms with van der Waals surface area (Å²) in [6, 6.07) is 25.6. The number of Topliss-reactive ketones (excluding diaryl/α,β-unsaturated/α-hetero) is 2. The molecule has 1 saturated carbocycles. The van der Waals surface area contributed by atoms with Gasteiger partial charge < -0.3 is 19.3 Å². The summed E-state index contributed by atoms with van der Waals surface area (Å²) in [7, 11) is 1.72. The molecule has 2 spiro atoms. The quantitative estimate of drug-likeness (QED) is 0.184. The zero-order valence-electron chi connectivity index (χ0n) is 33.5. The van der Waals surface area contributed by atoms with Gasteiger partial charge in [0.25, 0.3) is 0 Å². The highest BCUT2D eigenvalue weighted by molar-refractivity contribution is 6.04. The molecule has 4 aromatic carbocycles. The lowest BCUT2D eigenvalue weighted by molar-refractivity contribution is -0.00443. The third-order valence-electron chi connectivity index (χ3n) is 14.4. The Morgan fingerprint density at radius 2 is 1.00 bits per heavy atom. The van der Waals surface area contributed by atoms with Crippen LogP contribution >= 0.6 is 0 Å². The van der Waals surface area contributed by atoms with Gasteiger partial charge in [-0.05, 0) is 128 Å². The highest BCUT2D eigenvalue weighted by atomic mass is 16.5. The van der Waals surface area contributed by atoms with Crippen molar-refractivity contribution >= 4 is 11.6 Å². The first-order chi connectivity index (χ1) is 26.9. The van der Waals surface area contributed by atoms with Crippen molar-refractivity contribution in [3.8, 4) is 28.0 Å². The molecule has 0 unspecified atom stereocenters. The maximum absolute atomic E-state index is 14.4. The molecular weight excluding hydrogens is 701 g/mol. The largest absolute Gasteiger partial charge is 0.497 e. The third kappa shape index (κ3) is 5.58. The second-order valence-corrected chi connectivity index (χ2v) is 17.6. The van der Waals surface area contributed by atoms with Crippen LogP contribution in [-0.4, -0.2) is 97.3 Å². The van der Waals surface area contributed by atoms with Crippen LogP contribution in [0.5, 0.6) is 5.75 Å². The highest BCUT2D eigenvalue weighted by Gasteiger charge is 2.54. The van der Waals surface area contributed by atoms with Gasteiger partial charge in [0.05, 0.1) is 51.2 Å². The Kier molecular flexibility index (Phi) is 9.18. The molecule has 1 N–H and O–H groups in total. The van der Waals surface area contributed by atoms with Gasteiger partial charge in [-0.3, -0.25) is 19.4 Å². The highest BCUT2D eigenvalue weighted by Crippen LogP contribution is 2.64. The minimum absolute atomic E-state index is 0.0285. The number of methoxy groups -OCH3 is 1. The van der Waals surface area contributed by atoms with Crippen LogP contribution in [0.1, 0.15) is 102 Å². The van der Waals surface area contributed by atoms with E-state index in [0.717, 1.165) is 74.3 Å². The van der Waals surface area contributed by atoms with Gasteiger partial charge in [0, 0.05) is 48.1 Å². The van der Waals surface area contributed by atoms with Gasteiger partial charge in [0.1, 0.15) is 5.75 Å². The van der Waals surface area contributed by atoms with E-state index < -0.39 is 11.1 Å². The molecule has 8 nitrogen and oxygen atoms in total. The molecule has 0 atom stereocenters. The number of ketones is 2. The lowest BCUT2D eigenvalue weighted by Crippen LogP contribution is -2.54. The van der Waals surface area contributed by atoms with E-state index in [1.165, 1.54) is 44.5 Å². The van der Waals surface area contributed by atoms with Crippen molar-refractivity contribution in [1.29, 1.82) is 0 Å². The van der Waals surface area contributed by atoms with Crippen LogP contribution in [0.2, 0.25) is 0 Å². The molecule has 8 heteroatoms. The fraction of sp³-hybridized carbons (Fsp3) is 0.458. The monoisotopic (exact) mass is 754 g/mol. The van der Waals surface area contributed by atoms with Crippen molar-refractivity contribution in [2.24, 2.45) is 0 Å². The topological polar surface area (TPSA) is 88.5 Å². The number of hydrogen-bond donors (Lipinski definition) is 1. The molecule has 0 bridgehead atoms. The fourth-order valence-electron chi connectivity index (χ4n) is 10.9. The van der Waals surface area contributed by atoms with Crippen molar-refractivity contribution in [1.82, 2.24) is 9.80 Å². The van der Waals surface area contributed by atoms with Gasteiger partial charge in [-0.2, -0.15) is 0 Å². The van der Waals surface area contributed by atoms with E-state index in [0.29, 0.717) is 26.4 Å². The lowest BCUT2D eigenvalue weighted by atomic mass is 9.57. The molecule has 0 amide bonds. The van der Waals surface area contributed by atoms with Gasteiger partial charge in [-0.1, -0.05) is 48.5 Å². The van der Waals surface area contributed by atoms with Crippen molar-refractivity contribution in [3.63, 3.8) is 0 Å². The fourth-order valence-corrected chi connectivity index (χ4v) is 10.9. The van der Waals surface area contributed by atoms with Crippen LogP contribution in [0.4, 0.5) is 0 Å². The Morgan fingerprint density at radius 1 is 0.607 bits per heavy atom. The minimum atomic E-state index is -0.668. The SMILES string of the molecule is COc1ccc2c(c1)C1(CCC3(CC1)c1cc(CO)ccc1-c1ccc(C(=O)C(C)(C)N4CCOCC4)cc13)c1cc(C(=O)C(C)(C)N3CCOCC3)ccc1-2. The smallest absolute Gasteiger partial charge is 0.182 e. The predicted octanol–water partition coefficient (Wildman–Crippen LogP) is 7.58. The number of aliphatic hydroxyl groups excluding tert-OH is 1. The average molecular weight is 755 g/mol. The Hall–Kier alpha value is -4.18. The Labute approximate surface area is 330 Å². The number of benzene rings is 4. The predicted molar refractivity (Wildman–Crippen MR) is 218 cm³/mol. The van der Waals surface area contributed by atoms with E-state index in [4.69, 9.17) is 14.2 Å².